The number of benzene rings is 2. The van der Waals surface area contributed by atoms with Gasteiger partial charge < -0.3 is 19.8 Å². The number of nitrogens with one attached hydrogen (secondary N) is 2. The van der Waals surface area contributed by atoms with E-state index in [0.717, 1.165) is 58.6 Å². The molecular formula is C26H30ClN5O. The SMILES string of the molecule is CCN(CC)C/C=C/c1[nH]c(=O)c2c(ccc3nc(Nc4c(C)cccc4Cl)n(C)c32)c1C. The van der Waals surface area contributed by atoms with Crippen molar-refractivity contribution >= 4 is 51.1 Å². The smallest absolute Gasteiger partial charge is 0.258 e. The van der Waals surface area contributed by atoms with Crippen molar-refractivity contribution < 1.29 is 0 Å². The number of fused-ring (bicyclic) bond motifs is 3. The molecule has 0 amide bonds. The summed E-state index contributed by atoms with van der Waals surface area (Å²) in [4.78, 5) is 23.4. The molecule has 0 atom stereocenters. The Hall–Kier alpha value is -3.09. The van der Waals surface area contributed by atoms with Crippen LogP contribution in [0.25, 0.3) is 27.9 Å². The number of halogens is 1. The van der Waals surface area contributed by atoms with Gasteiger partial charge in [-0.1, -0.05) is 49.7 Å². The van der Waals surface area contributed by atoms with Crippen LogP contribution >= 0.6 is 11.6 Å². The number of H-pyrrole nitrogens is 1. The first-order valence-corrected chi connectivity index (χ1v) is 11.7. The zero-order valence-corrected chi connectivity index (χ0v) is 20.5. The first kappa shape index (κ1) is 23.1. The number of pyridine rings is 1. The number of hydrogen-bond acceptors (Lipinski definition) is 4. The molecule has 33 heavy (non-hydrogen) atoms. The van der Waals surface area contributed by atoms with E-state index in [0.29, 0.717) is 16.4 Å². The lowest BCUT2D eigenvalue weighted by Crippen LogP contribution is -2.22. The van der Waals surface area contributed by atoms with Crippen LogP contribution in [0, 0.1) is 13.8 Å². The number of hydrogen-bond donors (Lipinski definition) is 2. The number of imidazole rings is 1. The van der Waals surface area contributed by atoms with E-state index in [1.54, 1.807) is 0 Å². The third kappa shape index (κ3) is 4.28. The monoisotopic (exact) mass is 463 g/mol. The summed E-state index contributed by atoms with van der Waals surface area (Å²) in [6, 6.07) is 9.72. The standard InChI is InChI=1S/C26H30ClN5O/c1-6-32(7-2)15-9-12-20-17(4)18-13-14-21-24(22(18)25(33)28-20)31(5)26(29-21)30-23-16(3)10-8-11-19(23)27/h8-14H,6-7,15H2,1-5H3,(H,28,33)(H,29,30)/b12-9+. The van der Waals surface area contributed by atoms with Crippen LogP contribution in [-0.2, 0) is 7.05 Å². The van der Waals surface area contributed by atoms with Crippen LogP contribution in [0.4, 0.5) is 11.6 Å². The van der Waals surface area contributed by atoms with Crippen LogP contribution < -0.4 is 10.9 Å². The largest absolute Gasteiger partial charge is 0.324 e. The van der Waals surface area contributed by atoms with E-state index in [-0.39, 0.29) is 5.56 Å². The maximum atomic E-state index is 13.2. The van der Waals surface area contributed by atoms with E-state index in [9.17, 15) is 4.79 Å². The Kier molecular flexibility index (Phi) is 6.58. The van der Waals surface area contributed by atoms with Crippen LogP contribution in [0.2, 0.25) is 5.02 Å². The number of anilines is 2. The highest BCUT2D eigenvalue weighted by molar-refractivity contribution is 6.33. The van der Waals surface area contributed by atoms with E-state index in [2.05, 4.69) is 35.1 Å². The number of para-hydroxylation sites is 1. The lowest BCUT2D eigenvalue weighted by atomic mass is 10.0. The minimum atomic E-state index is -0.118. The molecule has 2 aromatic carbocycles. The molecule has 4 rings (SSSR count). The molecule has 0 aliphatic rings. The lowest BCUT2D eigenvalue weighted by Gasteiger charge is -2.15. The Balaban J connectivity index is 1.81. The fourth-order valence-corrected chi connectivity index (χ4v) is 4.52. The zero-order chi connectivity index (χ0) is 23.7. The normalized spacial score (nSPS) is 12.0. The fraction of sp³-hybridized carbons (Fsp3) is 0.308. The quantitative estimate of drug-likeness (QED) is 0.364. The molecular weight excluding hydrogens is 434 g/mol. The van der Waals surface area contributed by atoms with Gasteiger partial charge in [-0.3, -0.25) is 4.79 Å². The summed E-state index contributed by atoms with van der Waals surface area (Å²) in [6.45, 7) is 11.2. The highest BCUT2D eigenvalue weighted by Crippen LogP contribution is 2.32. The van der Waals surface area contributed by atoms with Gasteiger partial charge in [-0.2, -0.15) is 0 Å². The van der Waals surface area contributed by atoms with Crippen LogP contribution in [0.5, 0.6) is 0 Å². The second-order valence-corrected chi connectivity index (χ2v) is 8.70. The molecule has 0 saturated heterocycles. The number of aromatic nitrogens is 3. The number of rotatable bonds is 7. The molecule has 0 spiro atoms. The summed E-state index contributed by atoms with van der Waals surface area (Å²) in [5.41, 5.74) is 5.15. The second kappa shape index (κ2) is 9.41. The van der Waals surface area contributed by atoms with Crippen molar-refractivity contribution in [1.29, 1.82) is 0 Å². The molecule has 2 aromatic heterocycles. The molecule has 2 heterocycles. The number of aryl methyl sites for hydroxylation is 3. The van der Waals surface area contributed by atoms with Crippen molar-refractivity contribution in [2.45, 2.75) is 27.7 Å². The maximum absolute atomic E-state index is 13.2. The highest BCUT2D eigenvalue weighted by atomic mass is 35.5. The molecule has 0 bridgehead atoms. The van der Waals surface area contributed by atoms with Crippen LogP contribution in [0.15, 0.2) is 41.2 Å². The molecule has 172 valence electrons. The zero-order valence-electron chi connectivity index (χ0n) is 19.8. The van der Waals surface area contributed by atoms with Gasteiger partial charge in [0, 0.05) is 19.3 Å². The van der Waals surface area contributed by atoms with E-state index in [4.69, 9.17) is 16.6 Å². The molecule has 0 fully saturated rings. The average molecular weight is 464 g/mol. The Labute approximate surface area is 198 Å². The van der Waals surface area contributed by atoms with Gasteiger partial charge >= 0.3 is 0 Å². The summed E-state index contributed by atoms with van der Waals surface area (Å²) in [5, 5.41) is 5.55. The van der Waals surface area contributed by atoms with Crippen LogP contribution in [-0.4, -0.2) is 39.1 Å². The summed E-state index contributed by atoms with van der Waals surface area (Å²) in [6.07, 6.45) is 4.11. The summed E-state index contributed by atoms with van der Waals surface area (Å²) < 4.78 is 1.92. The van der Waals surface area contributed by atoms with Gasteiger partial charge in [0.25, 0.3) is 5.56 Å². The van der Waals surface area contributed by atoms with Gasteiger partial charge in [-0.05, 0) is 61.7 Å². The molecule has 6 nitrogen and oxygen atoms in total. The predicted molar refractivity (Wildman–Crippen MR) is 140 cm³/mol. The third-order valence-electron chi connectivity index (χ3n) is 6.32. The topological polar surface area (TPSA) is 66.0 Å². The van der Waals surface area contributed by atoms with Gasteiger partial charge in [0.1, 0.15) is 0 Å². The second-order valence-electron chi connectivity index (χ2n) is 8.29. The molecule has 0 aliphatic heterocycles. The molecule has 0 unspecified atom stereocenters. The minimum absolute atomic E-state index is 0.118. The van der Waals surface area contributed by atoms with E-state index in [1.165, 1.54) is 0 Å². The molecule has 0 radical (unpaired) electrons. The number of aromatic amines is 1. The first-order chi connectivity index (χ1) is 15.8. The predicted octanol–water partition coefficient (Wildman–Crippen LogP) is 5.78. The molecule has 7 heteroatoms. The van der Waals surface area contributed by atoms with Crippen molar-refractivity contribution in [2.75, 3.05) is 25.0 Å². The summed E-state index contributed by atoms with van der Waals surface area (Å²) in [5.74, 6) is 0.633. The van der Waals surface area contributed by atoms with Gasteiger partial charge in [0.2, 0.25) is 5.95 Å². The Bertz CT molecular complexity index is 1390. The number of likely N-dealkylation sites (N-methyl/N-ethyl adjacent to an activating group) is 1. The van der Waals surface area contributed by atoms with Gasteiger partial charge in [-0.25, -0.2) is 4.98 Å². The van der Waals surface area contributed by atoms with E-state index in [1.807, 2.05) is 61.9 Å². The van der Waals surface area contributed by atoms with Gasteiger partial charge in [-0.15, -0.1) is 0 Å². The van der Waals surface area contributed by atoms with Crippen molar-refractivity contribution in [2.24, 2.45) is 7.05 Å². The Morgan fingerprint density at radius 2 is 1.94 bits per heavy atom. The third-order valence-corrected chi connectivity index (χ3v) is 6.64. The van der Waals surface area contributed by atoms with Gasteiger partial charge in [0.05, 0.1) is 27.1 Å². The number of nitrogens with zero attached hydrogens (tertiary/aromatic N) is 3. The summed E-state index contributed by atoms with van der Waals surface area (Å²) >= 11 is 6.40. The van der Waals surface area contributed by atoms with E-state index < -0.39 is 0 Å². The van der Waals surface area contributed by atoms with Crippen molar-refractivity contribution in [3.63, 3.8) is 0 Å². The Morgan fingerprint density at radius 3 is 2.64 bits per heavy atom. The Morgan fingerprint density at radius 1 is 1.18 bits per heavy atom. The highest BCUT2D eigenvalue weighted by Gasteiger charge is 2.17. The van der Waals surface area contributed by atoms with Crippen LogP contribution in [0.3, 0.4) is 0 Å². The first-order valence-electron chi connectivity index (χ1n) is 11.3. The maximum Gasteiger partial charge on any atom is 0.258 e. The molecule has 2 N–H and O–H groups in total. The lowest BCUT2D eigenvalue weighted by molar-refractivity contribution is 0.338. The van der Waals surface area contributed by atoms with Crippen molar-refractivity contribution in [3.05, 3.63) is 68.6 Å². The molecule has 0 aliphatic carbocycles. The minimum Gasteiger partial charge on any atom is -0.324 e. The van der Waals surface area contributed by atoms with E-state index >= 15 is 0 Å². The summed E-state index contributed by atoms with van der Waals surface area (Å²) in [7, 11) is 1.91. The fourth-order valence-electron chi connectivity index (χ4n) is 4.25. The van der Waals surface area contributed by atoms with Crippen molar-refractivity contribution in [1.82, 2.24) is 19.4 Å². The molecule has 4 aromatic rings. The van der Waals surface area contributed by atoms with Crippen LogP contribution in [0.1, 0.15) is 30.7 Å². The average Bonchev–Trinajstić information content (AvgIpc) is 3.12. The van der Waals surface area contributed by atoms with Gasteiger partial charge in [0.15, 0.2) is 0 Å². The van der Waals surface area contributed by atoms with Crippen molar-refractivity contribution in [3.8, 4) is 0 Å². The molecule has 0 saturated carbocycles.